The molecule has 0 radical (unpaired) electrons. The molecule has 0 unspecified atom stereocenters. The lowest BCUT2D eigenvalue weighted by Gasteiger charge is -2.18. The molecule has 96 valence electrons. The number of likely N-dealkylation sites (tertiary alicyclic amines) is 1. The van der Waals surface area contributed by atoms with Crippen molar-refractivity contribution < 1.29 is 4.79 Å². The number of nitrogens with zero attached hydrogens (tertiary/aromatic N) is 3. The van der Waals surface area contributed by atoms with Crippen molar-refractivity contribution in [3.05, 3.63) is 23.0 Å². The van der Waals surface area contributed by atoms with Crippen LogP contribution >= 0.6 is 0 Å². The Balaban J connectivity index is 1.81. The van der Waals surface area contributed by atoms with Crippen molar-refractivity contribution in [1.82, 2.24) is 20.4 Å². The van der Waals surface area contributed by atoms with Crippen LogP contribution in [-0.4, -0.2) is 47.2 Å². The van der Waals surface area contributed by atoms with Gasteiger partial charge >= 0.3 is 0 Å². The van der Waals surface area contributed by atoms with Crippen LogP contribution in [0.2, 0.25) is 0 Å². The van der Waals surface area contributed by atoms with E-state index in [0.717, 1.165) is 37.6 Å². The van der Waals surface area contributed by atoms with E-state index in [1.54, 1.807) is 0 Å². The van der Waals surface area contributed by atoms with Crippen molar-refractivity contribution >= 4 is 5.91 Å². The van der Waals surface area contributed by atoms with Crippen LogP contribution in [0.15, 0.2) is 6.07 Å². The third-order valence-corrected chi connectivity index (χ3v) is 4.01. The first-order valence-electron chi connectivity index (χ1n) is 6.46. The molecule has 3 rings (SSSR count). The lowest BCUT2D eigenvalue weighted by atomic mass is 10.0. The zero-order valence-electron chi connectivity index (χ0n) is 10.8. The summed E-state index contributed by atoms with van der Waals surface area (Å²) in [6.45, 7) is 7.54. The molecule has 2 aliphatic heterocycles. The predicted molar refractivity (Wildman–Crippen MR) is 67.3 cm³/mol. The van der Waals surface area contributed by atoms with Crippen molar-refractivity contribution in [3.63, 3.8) is 0 Å². The summed E-state index contributed by atoms with van der Waals surface area (Å²) < 4.78 is 0. The second-order valence-corrected chi connectivity index (χ2v) is 5.37. The number of carbonyl (C=O) groups excluding carboxylic acids is 1. The van der Waals surface area contributed by atoms with E-state index >= 15 is 0 Å². The number of fused-ring (bicyclic) bond motifs is 1. The molecule has 1 aromatic heterocycles. The van der Waals surface area contributed by atoms with Gasteiger partial charge in [-0.05, 0) is 31.7 Å². The van der Waals surface area contributed by atoms with Crippen molar-refractivity contribution in [2.75, 3.05) is 26.2 Å². The zero-order chi connectivity index (χ0) is 12.7. The third-order valence-electron chi connectivity index (χ3n) is 4.01. The summed E-state index contributed by atoms with van der Waals surface area (Å²) in [5.74, 6) is 1.37. The quantitative estimate of drug-likeness (QED) is 0.778. The minimum Gasteiger partial charge on any atom is -0.338 e. The van der Waals surface area contributed by atoms with Gasteiger partial charge in [0.2, 0.25) is 0 Å². The highest BCUT2D eigenvalue weighted by molar-refractivity contribution is 5.95. The van der Waals surface area contributed by atoms with Gasteiger partial charge in [-0.3, -0.25) is 4.79 Å². The number of hydrogen-bond donors (Lipinski definition) is 1. The lowest BCUT2D eigenvalue weighted by molar-refractivity contribution is 0.0780. The van der Waals surface area contributed by atoms with Crippen LogP contribution in [0, 0.1) is 25.7 Å². The van der Waals surface area contributed by atoms with Crippen molar-refractivity contribution in [3.8, 4) is 0 Å². The van der Waals surface area contributed by atoms with Crippen LogP contribution in [0.25, 0.3) is 0 Å². The molecule has 3 heterocycles. The van der Waals surface area contributed by atoms with Gasteiger partial charge in [0.15, 0.2) is 0 Å². The maximum Gasteiger partial charge on any atom is 0.255 e. The number of rotatable bonds is 1. The smallest absolute Gasteiger partial charge is 0.255 e. The Hall–Kier alpha value is -1.49. The van der Waals surface area contributed by atoms with Gasteiger partial charge in [-0.1, -0.05) is 0 Å². The predicted octanol–water partition coefficient (Wildman–Crippen LogP) is 0.385. The van der Waals surface area contributed by atoms with Crippen LogP contribution in [0.3, 0.4) is 0 Å². The Bertz CT molecular complexity index is 476. The fourth-order valence-electron chi connectivity index (χ4n) is 2.96. The molecule has 0 bridgehead atoms. The molecule has 18 heavy (non-hydrogen) atoms. The Kier molecular flexibility index (Phi) is 2.78. The largest absolute Gasteiger partial charge is 0.338 e. The molecule has 0 aromatic carbocycles. The fourth-order valence-corrected chi connectivity index (χ4v) is 2.96. The van der Waals surface area contributed by atoms with Gasteiger partial charge in [0.25, 0.3) is 5.91 Å². The van der Waals surface area contributed by atoms with Gasteiger partial charge in [-0.25, -0.2) is 0 Å². The number of nitrogens with one attached hydrogen (secondary N) is 1. The standard InChI is InChI=1S/C13H18N4O/c1-8-3-12(9(2)16-15-8)13(18)17-6-10-4-14-5-11(10)7-17/h3,10-11,14H,4-7H2,1-2H3/t10-,11+. The summed E-state index contributed by atoms with van der Waals surface area (Å²) >= 11 is 0. The highest BCUT2D eigenvalue weighted by Gasteiger charge is 2.38. The monoisotopic (exact) mass is 246 g/mol. The molecule has 0 aliphatic carbocycles. The van der Waals surface area contributed by atoms with Gasteiger partial charge in [-0.15, -0.1) is 0 Å². The molecule has 5 nitrogen and oxygen atoms in total. The van der Waals surface area contributed by atoms with Crippen LogP contribution in [-0.2, 0) is 0 Å². The summed E-state index contributed by atoms with van der Waals surface area (Å²) in [5, 5.41) is 11.4. The van der Waals surface area contributed by atoms with E-state index in [4.69, 9.17) is 0 Å². The number of amides is 1. The van der Waals surface area contributed by atoms with E-state index in [1.807, 2.05) is 24.8 Å². The molecule has 1 N–H and O–H groups in total. The zero-order valence-corrected chi connectivity index (χ0v) is 10.8. The van der Waals surface area contributed by atoms with Crippen molar-refractivity contribution in [2.24, 2.45) is 11.8 Å². The van der Waals surface area contributed by atoms with Crippen LogP contribution in [0.5, 0.6) is 0 Å². The molecule has 2 saturated heterocycles. The topological polar surface area (TPSA) is 58.1 Å². The highest BCUT2D eigenvalue weighted by Crippen LogP contribution is 2.27. The maximum atomic E-state index is 12.5. The second kappa shape index (κ2) is 4.31. The second-order valence-electron chi connectivity index (χ2n) is 5.37. The number of aryl methyl sites for hydroxylation is 2. The minimum absolute atomic E-state index is 0.111. The van der Waals surface area contributed by atoms with Crippen molar-refractivity contribution in [2.45, 2.75) is 13.8 Å². The van der Waals surface area contributed by atoms with Gasteiger partial charge in [0, 0.05) is 26.2 Å². The summed E-state index contributed by atoms with van der Waals surface area (Å²) in [5.41, 5.74) is 2.22. The Morgan fingerprint density at radius 2 is 1.94 bits per heavy atom. The molecule has 0 saturated carbocycles. The first kappa shape index (κ1) is 11.6. The summed E-state index contributed by atoms with van der Waals surface area (Å²) in [6, 6.07) is 1.84. The van der Waals surface area contributed by atoms with E-state index in [9.17, 15) is 4.79 Å². The van der Waals surface area contributed by atoms with Crippen LogP contribution < -0.4 is 5.32 Å². The fraction of sp³-hybridized carbons (Fsp3) is 0.615. The molecule has 2 atom stereocenters. The highest BCUT2D eigenvalue weighted by atomic mass is 16.2. The van der Waals surface area contributed by atoms with E-state index < -0.39 is 0 Å². The normalized spacial score (nSPS) is 26.4. The average Bonchev–Trinajstić information content (AvgIpc) is 2.91. The lowest BCUT2D eigenvalue weighted by Crippen LogP contribution is -2.32. The summed E-state index contributed by atoms with van der Waals surface area (Å²) in [4.78, 5) is 14.5. The van der Waals surface area contributed by atoms with E-state index in [1.165, 1.54) is 0 Å². The Morgan fingerprint density at radius 1 is 1.28 bits per heavy atom. The third kappa shape index (κ3) is 1.88. The number of aromatic nitrogens is 2. The average molecular weight is 246 g/mol. The summed E-state index contributed by atoms with van der Waals surface area (Å²) in [7, 11) is 0. The van der Waals surface area contributed by atoms with Crippen LogP contribution in [0.1, 0.15) is 21.7 Å². The van der Waals surface area contributed by atoms with Gasteiger partial charge in [0.1, 0.15) is 0 Å². The molecule has 2 aliphatic rings. The summed E-state index contributed by atoms with van der Waals surface area (Å²) in [6.07, 6.45) is 0. The molecule has 0 spiro atoms. The van der Waals surface area contributed by atoms with Gasteiger partial charge < -0.3 is 10.2 Å². The molecule has 2 fully saturated rings. The molecule has 1 aromatic rings. The SMILES string of the molecule is Cc1cc(C(=O)N2C[C@H]3CNC[C@H]3C2)c(C)nn1. The Labute approximate surface area is 107 Å². The molecule has 5 heteroatoms. The first-order valence-corrected chi connectivity index (χ1v) is 6.46. The van der Waals surface area contributed by atoms with Gasteiger partial charge in [-0.2, -0.15) is 10.2 Å². The first-order chi connectivity index (χ1) is 8.65. The maximum absolute atomic E-state index is 12.5. The van der Waals surface area contributed by atoms with Gasteiger partial charge in [0.05, 0.1) is 17.0 Å². The Morgan fingerprint density at radius 3 is 2.61 bits per heavy atom. The molecular formula is C13H18N4O. The number of carbonyl (C=O) groups is 1. The van der Waals surface area contributed by atoms with Crippen molar-refractivity contribution in [1.29, 1.82) is 0 Å². The number of hydrogen-bond acceptors (Lipinski definition) is 4. The molecule has 1 amide bonds. The van der Waals surface area contributed by atoms with Crippen LogP contribution in [0.4, 0.5) is 0 Å². The minimum atomic E-state index is 0.111. The van der Waals surface area contributed by atoms with E-state index in [0.29, 0.717) is 17.4 Å². The molecular weight excluding hydrogens is 228 g/mol. The van der Waals surface area contributed by atoms with E-state index in [-0.39, 0.29) is 5.91 Å². The van der Waals surface area contributed by atoms with E-state index in [2.05, 4.69) is 15.5 Å².